The van der Waals surface area contributed by atoms with Crippen LogP contribution in [0.5, 0.6) is 11.5 Å². The Kier molecular flexibility index (Phi) is 3.01. The predicted molar refractivity (Wildman–Crippen MR) is 59.9 cm³/mol. The van der Waals surface area contributed by atoms with E-state index < -0.39 is 0 Å². The van der Waals surface area contributed by atoms with E-state index >= 15 is 0 Å². The third-order valence-corrected chi connectivity index (χ3v) is 2.88. The Labute approximate surface area is 92.3 Å². The lowest BCUT2D eigenvalue weighted by atomic mass is 10.3. The second-order valence-electron chi connectivity index (χ2n) is 3.21. The summed E-state index contributed by atoms with van der Waals surface area (Å²) in [5.74, 6) is 2.28. The van der Waals surface area contributed by atoms with Gasteiger partial charge in [0.25, 0.3) is 5.17 Å². The van der Waals surface area contributed by atoms with E-state index in [4.69, 9.17) is 20.6 Å². The van der Waals surface area contributed by atoms with E-state index in [0.29, 0.717) is 17.5 Å². The van der Waals surface area contributed by atoms with Gasteiger partial charge in [0.05, 0.1) is 0 Å². The lowest BCUT2D eigenvalue weighted by Crippen LogP contribution is -2.44. The van der Waals surface area contributed by atoms with Crippen LogP contribution in [0.1, 0.15) is 0 Å². The zero-order valence-electron chi connectivity index (χ0n) is 8.18. The molecule has 0 bridgehead atoms. The Morgan fingerprint density at radius 1 is 1.47 bits per heavy atom. The van der Waals surface area contributed by atoms with Gasteiger partial charge in [0.15, 0.2) is 11.5 Å². The molecule has 0 radical (unpaired) electrons. The lowest BCUT2D eigenvalue weighted by Gasteiger charge is -2.25. The van der Waals surface area contributed by atoms with Crippen LogP contribution in [-0.2, 0) is 0 Å². The highest BCUT2D eigenvalue weighted by atomic mass is 32.2. The average molecular weight is 225 g/mol. The number of nitrogens with two attached hydrogens (primary N) is 2. The minimum absolute atomic E-state index is 0.00648. The fourth-order valence-corrected chi connectivity index (χ4v) is 1.88. The first-order valence-corrected chi connectivity index (χ1v) is 5.63. The largest absolute Gasteiger partial charge is 0.486 e. The molecule has 0 fully saturated rings. The summed E-state index contributed by atoms with van der Waals surface area (Å²) in [5, 5.41) is 5.72. The predicted octanol–water partition coefficient (Wildman–Crippen LogP) is -0.367. The smallest absolute Gasteiger partial charge is 0.299 e. The molecule has 0 aliphatic carbocycles. The van der Waals surface area contributed by atoms with E-state index in [1.807, 2.05) is 24.3 Å². The van der Waals surface area contributed by atoms with Gasteiger partial charge in [0, 0.05) is 5.75 Å². The maximum atomic E-state index is 5.71. The normalized spacial score (nSPS) is 18.5. The molecule has 2 rings (SSSR count). The van der Waals surface area contributed by atoms with Gasteiger partial charge in [-0.25, -0.2) is 0 Å². The van der Waals surface area contributed by atoms with E-state index in [-0.39, 0.29) is 6.10 Å². The first-order valence-electron chi connectivity index (χ1n) is 4.65. The summed E-state index contributed by atoms with van der Waals surface area (Å²) < 4.78 is 11.3. The van der Waals surface area contributed by atoms with Crippen LogP contribution < -0.4 is 20.6 Å². The summed E-state index contributed by atoms with van der Waals surface area (Å²) >= 11 is 1.38. The van der Waals surface area contributed by atoms with Gasteiger partial charge < -0.3 is 9.47 Å². The first-order chi connectivity index (χ1) is 7.25. The van der Waals surface area contributed by atoms with Crippen molar-refractivity contribution < 1.29 is 14.9 Å². The van der Waals surface area contributed by atoms with Gasteiger partial charge in [-0.2, -0.15) is 0 Å². The highest BCUT2D eigenvalue weighted by Crippen LogP contribution is 2.31. The van der Waals surface area contributed by atoms with E-state index in [0.717, 1.165) is 11.5 Å². The Morgan fingerprint density at radius 2 is 2.20 bits per heavy atom. The highest BCUT2D eigenvalue weighted by Gasteiger charge is 2.21. The summed E-state index contributed by atoms with van der Waals surface area (Å²) in [5.41, 5.74) is 5.37. The molecular weight excluding hydrogens is 212 g/mol. The number of para-hydroxylation sites is 2. The summed E-state index contributed by atoms with van der Waals surface area (Å²) in [7, 11) is 0. The van der Waals surface area contributed by atoms with Crippen LogP contribution in [0.15, 0.2) is 24.3 Å². The van der Waals surface area contributed by atoms with E-state index in [1.54, 1.807) is 0 Å². The van der Waals surface area contributed by atoms with Crippen LogP contribution >= 0.6 is 11.8 Å². The molecule has 4 N–H and O–H groups in total. The molecule has 1 heterocycles. The molecule has 0 saturated heterocycles. The van der Waals surface area contributed by atoms with Crippen LogP contribution in [0.4, 0.5) is 0 Å². The van der Waals surface area contributed by atoms with Crippen molar-refractivity contribution in [1.82, 2.24) is 0 Å². The second kappa shape index (κ2) is 4.44. The maximum Gasteiger partial charge on any atom is 0.299 e. The van der Waals surface area contributed by atoms with Crippen LogP contribution in [0.25, 0.3) is 0 Å². The van der Waals surface area contributed by atoms with Crippen molar-refractivity contribution in [3.8, 4) is 11.5 Å². The number of hydrogen-bond donors (Lipinski definition) is 2. The van der Waals surface area contributed by atoms with Crippen molar-refractivity contribution in [2.75, 3.05) is 12.4 Å². The molecule has 1 aromatic rings. The van der Waals surface area contributed by atoms with Crippen molar-refractivity contribution in [2.45, 2.75) is 6.10 Å². The molecule has 5 heteroatoms. The molecule has 0 amide bonds. The third-order valence-electron chi connectivity index (χ3n) is 2.00. The lowest BCUT2D eigenvalue weighted by molar-refractivity contribution is -0.110. The molecule has 1 aliphatic rings. The van der Waals surface area contributed by atoms with Crippen molar-refractivity contribution in [2.24, 2.45) is 5.73 Å². The Hall–Kier alpha value is -1.36. The number of thioether (sulfide) groups is 1. The number of rotatable bonds is 2. The quantitative estimate of drug-likeness (QED) is 0.532. The number of benzene rings is 1. The Bertz CT molecular complexity index is 370. The van der Waals surface area contributed by atoms with E-state index in [9.17, 15) is 0 Å². The fraction of sp³-hybridized carbons (Fsp3) is 0.300. The summed E-state index contributed by atoms with van der Waals surface area (Å²) in [6, 6.07) is 7.62. The topological polar surface area (TPSA) is 70.1 Å². The second-order valence-corrected chi connectivity index (χ2v) is 4.30. The number of hydrogen-bond acceptors (Lipinski definition) is 3. The molecule has 0 saturated carbocycles. The van der Waals surface area contributed by atoms with Crippen molar-refractivity contribution in [1.29, 1.82) is 0 Å². The first kappa shape index (κ1) is 10.2. The van der Waals surface area contributed by atoms with Gasteiger partial charge >= 0.3 is 0 Å². The zero-order chi connectivity index (χ0) is 10.7. The molecule has 0 aromatic heterocycles. The van der Waals surface area contributed by atoms with Gasteiger partial charge in [-0.15, -0.1) is 0 Å². The summed E-state index contributed by atoms with van der Waals surface area (Å²) in [4.78, 5) is 0. The minimum Gasteiger partial charge on any atom is -0.486 e. The van der Waals surface area contributed by atoms with Crippen LogP contribution in [0.3, 0.4) is 0 Å². The van der Waals surface area contributed by atoms with Crippen molar-refractivity contribution in [3.63, 3.8) is 0 Å². The fourth-order valence-electron chi connectivity index (χ4n) is 1.33. The highest BCUT2D eigenvalue weighted by molar-refractivity contribution is 8.13. The number of fused-ring (bicyclic) bond motifs is 1. The van der Waals surface area contributed by atoms with Gasteiger partial charge in [0.2, 0.25) is 0 Å². The van der Waals surface area contributed by atoms with Crippen molar-refractivity contribution in [3.05, 3.63) is 24.3 Å². The molecule has 80 valence electrons. The number of amidine groups is 1. The van der Waals surface area contributed by atoms with Gasteiger partial charge in [-0.1, -0.05) is 12.1 Å². The van der Waals surface area contributed by atoms with E-state index in [2.05, 4.69) is 0 Å². The standard InChI is InChI=1S/C10H12N2O2S/c11-10(12)15-6-7-5-13-8-3-1-2-4-9(8)14-7/h1-4,7H,5-6H2,(H3,11,12)/p+1/t7-/m1/s1. The molecule has 0 unspecified atom stereocenters. The average Bonchev–Trinajstić information content (AvgIpc) is 2.26. The van der Waals surface area contributed by atoms with Crippen molar-refractivity contribution >= 4 is 16.9 Å². The molecule has 0 spiro atoms. The Morgan fingerprint density at radius 3 is 2.93 bits per heavy atom. The summed E-state index contributed by atoms with van der Waals surface area (Å²) in [6.07, 6.45) is 0.00648. The van der Waals surface area contributed by atoms with Crippen LogP contribution in [0, 0.1) is 0 Å². The van der Waals surface area contributed by atoms with Crippen LogP contribution in [-0.4, -0.2) is 23.6 Å². The molecule has 1 atom stereocenters. The SMILES string of the molecule is NC(=[NH2+])SC[C@H]1COc2ccccc2O1. The molecule has 4 nitrogen and oxygen atoms in total. The molecular formula is C10H13N2O2S+. The third kappa shape index (κ3) is 2.56. The molecule has 1 aliphatic heterocycles. The minimum atomic E-state index is 0.00648. The monoisotopic (exact) mass is 225 g/mol. The Balaban J connectivity index is 1.96. The number of ether oxygens (including phenoxy) is 2. The van der Waals surface area contributed by atoms with Gasteiger partial charge in [0.1, 0.15) is 12.7 Å². The molecule has 15 heavy (non-hydrogen) atoms. The van der Waals surface area contributed by atoms with Gasteiger partial charge in [-0.05, 0) is 23.9 Å². The van der Waals surface area contributed by atoms with Crippen LogP contribution in [0.2, 0.25) is 0 Å². The zero-order valence-corrected chi connectivity index (χ0v) is 9.00. The van der Waals surface area contributed by atoms with Gasteiger partial charge in [-0.3, -0.25) is 11.1 Å². The maximum absolute atomic E-state index is 5.71. The van der Waals surface area contributed by atoms with E-state index in [1.165, 1.54) is 11.8 Å². The summed E-state index contributed by atoms with van der Waals surface area (Å²) in [6.45, 7) is 0.539. The molecule has 1 aromatic carbocycles.